The highest BCUT2D eigenvalue weighted by Gasteiger charge is 2.21. The van der Waals surface area contributed by atoms with Crippen LogP contribution in [-0.2, 0) is 6.54 Å². The Morgan fingerprint density at radius 2 is 2.06 bits per heavy atom. The van der Waals surface area contributed by atoms with Gasteiger partial charge >= 0.3 is 0 Å². The normalized spacial score (nSPS) is 24.8. The number of nitrogens with zero attached hydrogens (tertiary/aromatic N) is 2. The summed E-state index contributed by atoms with van der Waals surface area (Å²) in [5.74, 6) is 2.54. The van der Waals surface area contributed by atoms with Gasteiger partial charge in [0, 0.05) is 18.7 Å². The maximum absolute atomic E-state index is 4.69. The summed E-state index contributed by atoms with van der Waals surface area (Å²) in [5, 5.41) is 3.31. The van der Waals surface area contributed by atoms with Gasteiger partial charge in [0.1, 0.15) is 5.82 Å². The fourth-order valence-electron chi connectivity index (χ4n) is 2.48. The molecule has 1 fully saturated rings. The van der Waals surface area contributed by atoms with E-state index in [2.05, 4.69) is 29.1 Å². The van der Waals surface area contributed by atoms with Crippen molar-refractivity contribution in [1.82, 2.24) is 15.3 Å². The summed E-state index contributed by atoms with van der Waals surface area (Å²) in [6.07, 6.45) is 7.07. The summed E-state index contributed by atoms with van der Waals surface area (Å²) in [4.78, 5) is 9.14. The van der Waals surface area contributed by atoms with Crippen LogP contribution in [0.1, 0.15) is 57.0 Å². The van der Waals surface area contributed by atoms with Crippen LogP contribution >= 0.6 is 0 Å². The molecule has 0 unspecified atom stereocenters. The van der Waals surface area contributed by atoms with Crippen LogP contribution in [0.2, 0.25) is 0 Å². The van der Waals surface area contributed by atoms with E-state index in [4.69, 9.17) is 0 Å². The summed E-state index contributed by atoms with van der Waals surface area (Å²) in [5.41, 5.74) is 1.12. The lowest BCUT2D eigenvalue weighted by molar-refractivity contribution is 0.339. The second-order valence-corrected chi connectivity index (χ2v) is 5.14. The lowest BCUT2D eigenvalue weighted by atomic mass is 9.82. The third-order valence-corrected chi connectivity index (χ3v) is 3.67. The summed E-state index contributed by atoms with van der Waals surface area (Å²) in [7, 11) is 0. The average molecular weight is 233 g/mol. The van der Waals surface area contributed by atoms with Crippen LogP contribution in [-0.4, -0.2) is 16.5 Å². The Morgan fingerprint density at radius 3 is 2.76 bits per heavy atom. The van der Waals surface area contributed by atoms with Gasteiger partial charge in [0.25, 0.3) is 0 Å². The SMILES string of the molecule is CCNCc1ccnc(C2CCC(C)CC2)n1. The molecule has 0 aromatic carbocycles. The number of aromatic nitrogens is 2. The molecule has 1 N–H and O–H groups in total. The van der Waals surface area contributed by atoms with Crippen molar-refractivity contribution >= 4 is 0 Å². The Kier molecular flexibility index (Phi) is 4.49. The molecule has 94 valence electrons. The topological polar surface area (TPSA) is 37.8 Å². The molecule has 0 spiro atoms. The molecule has 1 aromatic rings. The van der Waals surface area contributed by atoms with E-state index in [9.17, 15) is 0 Å². The molecule has 0 atom stereocenters. The molecule has 1 aliphatic rings. The molecule has 17 heavy (non-hydrogen) atoms. The van der Waals surface area contributed by atoms with Gasteiger partial charge in [-0.25, -0.2) is 9.97 Å². The van der Waals surface area contributed by atoms with Crippen LogP contribution in [0.25, 0.3) is 0 Å². The molecule has 0 bridgehead atoms. The zero-order valence-electron chi connectivity index (χ0n) is 10.9. The first-order chi connectivity index (χ1) is 8.29. The number of rotatable bonds is 4. The Balaban J connectivity index is 2.00. The highest BCUT2D eigenvalue weighted by Crippen LogP contribution is 2.33. The first kappa shape index (κ1) is 12.5. The van der Waals surface area contributed by atoms with E-state index in [0.717, 1.165) is 30.5 Å². The Morgan fingerprint density at radius 1 is 1.29 bits per heavy atom. The zero-order chi connectivity index (χ0) is 12.1. The van der Waals surface area contributed by atoms with Crippen LogP contribution < -0.4 is 5.32 Å². The average Bonchev–Trinajstić information content (AvgIpc) is 2.37. The van der Waals surface area contributed by atoms with E-state index < -0.39 is 0 Å². The highest BCUT2D eigenvalue weighted by molar-refractivity contribution is 5.06. The first-order valence-corrected chi connectivity index (χ1v) is 6.82. The number of hydrogen-bond donors (Lipinski definition) is 1. The molecule has 0 radical (unpaired) electrons. The fraction of sp³-hybridized carbons (Fsp3) is 0.714. The molecule has 0 aliphatic heterocycles. The smallest absolute Gasteiger partial charge is 0.131 e. The van der Waals surface area contributed by atoms with Gasteiger partial charge in [-0.15, -0.1) is 0 Å². The minimum atomic E-state index is 0.591. The molecular weight excluding hydrogens is 210 g/mol. The second kappa shape index (κ2) is 6.10. The highest BCUT2D eigenvalue weighted by atomic mass is 14.9. The van der Waals surface area contributed by atoms with Crippen LogP contribution in [0.4, 0.5) is 0 Å². The number of hydrogen-bond acceptors (Lipinski definition) is 3. The van der Waals surface area contributed by atoms with E-state index in [1.165, 1.54) is 25.7 Å². The van der Waals surface area contributed by atoms with Gasteiger partial charge in [-0.2, -0.15) is 0 Å². The van der Waals surface area contributed by atoms with Crippen LogP contribution in [0.5, 0.6) is 0 Å². The quantitative estimate of drug-likeness (QED) is 0.869. The summed E-state index contributed by atoms with van der Waals surface area (Å²) >= 11 is 0. The molecule has 1 saturated carbocycles. The summed E-state index contributed by atoms with van der Waals surface area (Å²) in [6, 6.07) is 2.01. The van der Waals surface area contributed by atoms with E-state index in [1.807, 2.05) is 12.3 Å². The predicted molar refractivity (Wildman–Crippen MR) is 69.8 cm³/mol. The molecule has 3 nitrogen and oxygen atoms in total. The van der Waals surface area contributed by atoms with Crippen molar-refractivity contribution in [2.75, 3.05) is 6.54 Å². The minimum Gasteiger partial charge on any atom is -0.311 e. The van der Waals surface area contributed by atoms with E-state index in [1.54, 1.807) is 0 Å². The van der Waals surface area contributed by atoms with Crippen LogP contribution in [0.15, 0.2) is 12.3 Å². The summed E-state index contributed by atoms with van der Waals surface area (Å²) in [6.45, 7) is 6.30. The lowest BCUT2D eigenvalue weighted by Crippen LogP contribution is -2.17. The predicted octanol–water partition coefficient (Wildman–Crippen LogP) is 2.88. The second-order valence-electron chi connectivity index (χ2n) is 5.14. The van der Waals surface area contributed by atoms with Gasteiger partial charge < -0.3 is 5.32 Å². The minimum absolute atomic E-state index is 0.591. The Labute approximate surface area is 104 Å². The maximum Gasteiger partial charge on any atom is 0.131 e. The number of nitrogens with one attached hydrogen (secondary N) is 1. The first-order valence-electron chi connectivity index (χ1n) is 6.82. The van der Waals surface area contributed by atoms with E-state index in [-0.39, 0.29) is 0 Å². The maximum atomic E-state index is 4.69. The van der Waals surface area contributed by atoms with Gasteiger partial charge in [0.05, 0.1) is 5.69 Å². The van der Waals surface area contributed by atoms with Gasteiger partial charge in [-0.1, -0.05) is 26.7 Å². The van der Waals surface area contributed by atoms with Crippen molar-refractivity contribution in [3.05, 3.63) is 23.8 Å². The van der Waals surface area contributed by atoms with E-state index in [0.29, 0.717) is 5.92 Å². The van der Waals surface area contributed by atoms with Gasteiger partial charge in [-0.3, -0.25) is 0 Å². The van der Waals surface area contributed by atoms with Gasteiger partial charge in [0.2, 0.25) is 0 Å². The van der Waals surface area contributed by atoms with Gasteiger partial charge in [-0.05, 0) is 31.4 Å². The molecule has 2 rings (SSSR count). The van der Waals surface area contributed by atoms with Crippen molar-refractivity contribution in [1.29, 1.82) is 0 Å². The van der Waals surface area contributed by atoms with Crippen molar-refractivity contribution in [3.8, 4) is 0 Å². The van der Waals surface area contributed by atoms with Crippen molar-refractivity contribution in [2.45, 2.75) is 52.0 Å². The van der Waals surface area contributed by atoms with E-state index >= 15 is 0 Å². The molecule has 1 aliphatic carbocycles. The third kappa shape index (κ3) is 3.50. The molecular formula is C14H23N3. The van der Waals surface area contributed by atoms with Crippen molar-refractivity contribution < 1.29 is 0 Å². The van der Waals surface area contributed by atoms with Gasteiger partial charge in [0.15, 0.2) is 0 Å². The molecule has 3 heteroatoms. The molecule has 1 aromatic heterocycles. The summed E-state index contributed by atoms with van der Waals surface area (Å²) < 4.78 is 0. The largest absolute Gasteiger partial charge is 0.311 e. The third-order valence-electron chi connectivity index (χ3n) is 3.67. The molecule has 0 amide bonds. The zero-order valence-corrected chi connectivity index (χ0v) is 10.9. The lowest BCUT2D eigenvalue weighted by Gasteiger charge is -2.25. The Bertz CT molecular complexity index is 343. The standard InChI is InChI=1S/C14H23N3/c1-3-15-10-13-8-9-16-14(17-13)12-6-4-11(2)5-7-12/h8-9,11-12,15H,3-7,10H2,1-2H3. The fourth-order valence-corrected chi connectivity index (χ4v) is 2.48. The monoisotopic (exact) mass is 233 g/mol. The molecule has 0 saturated heterocycles. The molecule has 1 heterocycles. The van der Waals surface area contributed by atoms with Crippen molar-refractivity contribution in [3.63, 3.8) is 0 Å². The van der Waals surface area contributed by atoms with Crippen molar-refractivity contribution in [2.24, 2.45) is 5.92 Å². The Hall–Kier alpha value is -0.960. The van der Waals surface area contributed by atoms with Crippen LogP contribution in [0, 0.1) is 5.92 Å². The van der Waals surface area contributed by atoms with Crippen LogP contribution in [0.3, 0.4) is 0 Å².